The topological polar surface area (TPSA) is 88.4 Å². The number of esters is 1. The third-order valence-corrected chi connectivity index (χ3v) is 7.87. The number of rotatable bonds is 10. The molecule has 1 aliphatic rings. The van der Waals surface area contributed by atoms with Crippen LogP contribution in [0.5, 0.6) is 17.2 Å². The minimum Gasteiger partial charge on any atom is -0.493 e. The molecule has 0 saturated heterocycles. The Morgan fingerprint density at radius 2 is 1.89 bits per heavy atom. The van der Waals surface area contributed by atoms with Crippen molar-refractivity contribution in [1.82, 2.24) is 4.57 Å². The third-order valence-electron chi connectivity index (χ3n) is 6.89. The molecule has 0 aliphatic carbocycles. The highest BCUT2D eigenvalue weighted by molar-refractivity contribution is 7.07. The molecule has 0 radical (unpaired) electrons. The van der Waals surface area contributed by atoms with Gasteiger partial charge in [-0.1, -0.05) is 47.7 Å². The van der Waals surface area contributed by atoms with Crippen molar-refractivity contribution in [3.8, 4) is 17.2 Å². The van der Waals surface area contributed by atoms with Gasteiger partial charge in [-0.25, -0.2) is 14.2 Å². The maximum Gasteiger partial charge on any atom is 0.338 e. The average Bonchev–Trinajstić information content (AvgIpc) is 3.30. The molecule has 4 aromatic rings. The fourth-order valence-corrected chi connectivity index (χ4v) is 5.98. The van der Waals surface area contributed by atoms with E-state index in [1.54, 1.807) is 75.6 Å². The van der Waals surface area contributed by atoms with Crippen molar-refractivity contribution in [2.75, 3.05) is 13.7 Å². The first kappa shape index (κ1) is 30.7. The van der Waals surface area contributed by atoms with E-state index in [4.69, 9.17) is 18.9 Å². The van der Waals surface area contributed by atoms with Crippen molar-refractivity contribution in [3.05, 3.63) is 120 Å². The van der Waals surface area contributed by atoms with Gasteiger partial charge >= 0.3 is 5.97 Å². The third kappa shape index (κ3) is 6.45. The Hall–Kier alpha value is -4.70. The zero-order chi connectivity index (χ0) is 31.4. The first-order chi connectivity index (χ1) is 21.2. The molecule has 1 atom stereocenters. The summed E-state index contributed by atoms with van der Waals surface area (Å²) >= 11 is 1.22. The Kier molecular flexibility index (Phi) is 9.29. The van der Waals surface area contributed by atoms with Gasteiger partial charge in [0.1, 0.15) is 18.2 Å². The molecule has 1 aromatic heterocycles. The van der Waals surface area contributed by atoms with Gasteiger partial charge in [0.05, 0.1) is 41.7 Å². The summed E-state index contributed by atoms with van der Waals surface area (Å²) in [5.74, 6) is 0.673. The Labute approximate surface area is 258 Å². The van der Waals surface area contributed by atoms with Gasteiger partial charge in [0.15, 0.2) is 16.3 Å². The molecule has 3 aromatic carbocycles. The average molecular weight is 617 g/mol. The van der Waals surface area contributed by atoms with E-state index in [1.165, 1.54) is 22.0 Å². The fourth-order valence-electron chi connectivity index (χ4n) is 4.93. The molecule has 0 saturated carbocycles. The van der Waals surface area contributed by atoms with Gasteiger partial charge in [-0.15, -0.1) is 0 Å². The number of allylic oxidation sites excluding steroid dienone is 1. The number of hydrogen-bond donors (Lipinski definition) is 0. The second-order valence-corrected chi connectivity index (χ2v) is 11.3. The summed E-state index contributed by atoms with van der Waals surface area (Å²) in [5.41, 5.74) is 2.23. The predicted molar refractivity (Wildman–Crippen MR) is 166 cm³/mol. The molecule has 0 unspecified atom stereocenters. The second-order valence-electron chi connectivity index (χ2n) is 10.3. The smallest absolute Gasteiger partial charge is 0.338 e. The second kappa shape index (κ2) is 13.3. The molecule has 5 rings (SSSR count). The number of fused-ring (bicyclic) bond motifs is 1. The molecule has 0 N–H and O–H groups in total. The van der Waals surface area contributed by atoms with Crippen LogP contribution in [0.1, 0.15) is 50.4 Å². The minimum atomic E-state index is -0.801. The molecule has 10 heteroatoms. The Bertz CT molecular complexity index is 1910. The Morgan fingerprint density at radius 1 is 1.09 bits per heavy atom. The van der Waals surface area contributed by atoms with Gasteiger partial charge in [-0.3, -0.25) is 9.36 Å². The number of halogens is 1. The molecule has 0 fully saturated rings. The lowest BCUT2D eigenvalue weighted by Gasteiger charge is -2.25. The zero-order valence-electron chi connectivity index (χ0n) is 25.1. The lowest BCUT2D eigenvalue weighted by molar-refractivity contribution is -0.139. The normalized spacial score (nSPS) is 14.7. The van der Waals surface area contributed by atoms with Gasteiger partial charge in [0.2, 0.25) is 0 Å². The van der Waals surface area contributed by atoms with Crippen LogP contribution in [0.15, 0.2) is 87.8 Å². The van der Waals surface area contributed by atoms with E-state index in [1.807, 2.05) is 26.0 Å². The molecule has 1 aliphatic heterocycles. The number of nitrogens with zero attached hydrogens (tertiary/aromatic N) is 2. The summed E-state index contributed by atoms with van der Waals surface area (Å²) in [5, 5.41) is 0. The van der Waals surface area contributed by atoms with Gasteiger partial charge in [0.25, 0.3) is 5.56 Å². The molecule has 44 heavy (non-hydrogen) atoms. The van der Waals surface area contributed by atoms with Crippen molar-refractivity contribution in [2.24, 2.45) is 4.99 Å². The van der Waals surface area contributed by atoms with Crippen LogP contribution in [0.4, 0.5) is 4.39 Å². The van der Waals surface area contributed by atoms with Crippen LogP contribution in [0, 0.1) is 5.82 Å². The molecule has 0 spiro atoms. The summed E-state index contributed by atoms with van der Waals surface area (Å²) in [6, 6.07) is 18.2. The Morgan fingerprint density at radius 3 is 2.61 bits per heavy atom. The van der Waals surface area contributed by atoms with Crippen molar-refractivity contribution < 1.29 is 28.1 Å². The first-order valence-corrected chi connectivity index (χ1v) is 15.0. The van der Waals surface area contributed by atoms with Crippen LogP contribution in [-0.2, 0) is 16.1 Å². The van der Waals surface area contributed by atoms with Crippen molar-refractivity contribution in [1.29, 1.82) is 0 Å². The van der Waals surface area contributed by atoms with Crippen LogP contribution in [0.25, 0.3) is 6.08 Å². The maximum atomic E-state index is 14.1. The number of carbonyl (C=O) groups is 1. The number of ether oxygens (including phenoxy) is 4. The maximum absolute atomic E-state index is 14.1. The molecule has 228 valence electrons. The largest absolute Gasteiger partial charge is 0.493 e. The molecule has 0 bridgehead atoms. The van der Waals surface area contributed by atoms with E-state index in [9.17, 15) is 14.0 Å². The highest BCUT2D eigenvalue weighted by Crippen LogP contribution is 2.36. The van der Waals surface area contributed by atoms with Gasteiger partial charge in [-0.05, 0) is 75.2 Å². The van der Waals surface area contributed by atoms with E-state index in [0.717, 1.165) is 5.56 Å². The highest BCUT2D eigenvalue weighted by Gasteiger charge is 2.34. The van der Waals surface area contributed by atoms with Crippen LogP contribution in [0.3, 0.4) is 0 Å². The van der Waals surface area contributed by atoms with Crippen LogP contribution in [0.2, 0.25) is 0 Å². The van der Waals surface area contributed by atoms with Gasteiger partial charge in [-0.2, -0.15) is 0 Å². The van der Waals surface area contributed by atoms with E-state index in [0.29, 0.717) is 43.4 Å². The number of thiazole rings is 1. The predicted octanol–water partition coefficient (Wildman–Crippen LogP) is 5.31. The summed E-state index contributed by atoms with van der Waals surface area (Å²) < 4.78 is 38.7. The van der Waals surface area contributed by atoms with Crippen molar-refractivity contribution >= 4 is 23.4 Å². The SMILES string of the molecule is CCOC(=O)C1=C(C)N=c2s/c(=C/c3cccc(OCc4ccccc4F)c3)c(=O)n2[C@H]1c1ccc(OC(C)C)c(OC)c1. The summed E-state index contributed by atoms with van der Waals surface area (Å²) in [6.45, 7) is 7.54. The van der Waals surface area contributed by atoms with Crippen LogP contribution in [-0.4, -0.2) is 30.4 Å². The van der Waals surface area contributed by atoms with Crippen molar-refractivity contribution in [2.45, 2.75) is 46.4 Å². The number of aromatic nitrogens is 1. The van der Waals surface area contributed by atoms with Crippen LogP contribution >= 0.6 is 11.3 Å². The quantitative estimate of drug-likeness (QED) is 0.225. The summed E-state index contributed by atoms with van der Waals surface area (Å²) in [6.07, 6.45) is 1.67. The Balaban J connectivity index is 1.57. The van der Waals surface area contributed by atoms with E-state index in [2.05, 4.69) is 4.99 Å². The fraction of sp³-hybridized carbons (Fsp3) is 0.265. The zero-order valence-corrected chi connectivity index (χ0v) is 25.9. The lowest BCUT2D eigenvalue weighted by Crippen LogP contribution is -2.40. The highest BCUT2D eigenvalue weighted by atomic mass is 32.1. The van der Waals surface area contributed by atoms with Gasteiger partial charge < -0.3 is 18.9 Å². The number of carbonyl (C=O) groups excluding carboxylic acids is 1. The summed E-state index contributed by atoms with van der Waals surface area (Å²) in [7, 11) is 1.54. The number of methoxy groups -OCH3 is 1. The molecule has 0 amide bonds. The van der Waals surface area contributed by atoms with E-state index >= 15 is 0 Å². The monoisotopic (exact) mass is 616 g/mol. The standard InChI is InChI=1S/C34H33FN2O6S/c1-6-41-33(39)30-21(4)36-34-37(31(30)23-14-15-27(43-20(2)3)28(18-23)40-5)32(38)29(44-34)17-22-10-9-12-25(16-22)42-19-24-11-7-8-13-26(24)35/h7-18,20,31H,6,19H2,1-5H3/b29-17+/t31-/m0/s1. The van der Waals surface area contributed by atoms with Crippen LogP contribution < -0.4 is 29.1 Å². The van der Waals surface area contributed by atoms with Crippen molar-refractivity contribution in [3.63, 3.8) is 0 Å². The number of hydrogen-bond acceptors (Lipinski definition) is 8. The molecule has 2 heterocycles. The molecular formula is C34H33FN2O6S. The minimum absolute atomic E-state index is 0.0681. The van der Waals surface area contributed by atoms with Gasteiger partial charge in [0, 0.05) is 5.56 Å². The lowest BCUT2D eigenvalue weighted by atomic mass is 9.95. The molecule has 8 nitrogen and oxygen atoms in total. The number of benzene rings is 3. The van der Waals surface area contributed by atoms with E-state index < -0.39 is 12.0 Å². The molecular weight excluding hydrogens is 583 g/mol. The van der Waals surface area contributed by atoms with E-state index in [-0.39, 0.29) is 36.3 Å². The summed E-state index contributed by atoms with van der Waals surface area (Å²) in [4.78, 5) is 32.4. The first-order valence-electron chi connectivity index (χ1n) is 14.2.